The number of rotatable bonds is 6. The molecule has 3 aromatic rings. The van der Waals surface area contributed by atoms with Crippen LogP contribution in [0.4, 0.5) is 13.2 Å². The van der Waals surface area contributed by atoms with Gasteiger partial charge in [-0.25, -0.2) is 0 Å². The van der Waals surface area contributed by atoms with Crippen LogP contribution in [0.3, 0.4) is 0 Å². The number of likely N-dealkylation sites (tertiary alicyclic amines) is 1. The molecule has 1 N–H and O–H groups in total. The van der Waals surface area contributed by atoms with Crippen molar-refractivity contribution in [1.29, 1.82) is 0 Å². The molecule has 3 heterocycles. The van der Waals surface area contributed by atoms with E-state index in [1.54, 1.807) is 18.3 Å². The molecule has 6 rings (SSSR count). The van der Waals surface area contributed by atoms with Gasteiger partial charge < -0.3 is 0 Å². The van der Waals surface area contributed by atoms with Crippen LogP contribution < -0.4 is 5.32 Å². The Morgan fingerprint density at radius 3 is 2.37 bits per heavy atom. The van der Waals surface area contributed by atoms with Crippen LogP contribution in [0.5, 0.6) is 0 Å². The summed E-state index contributed by atoms with van der Waals surface area (Å²) in [6.07, 6.45) is 2.98. The smallest absolute Gasteiger partial charge is 0.299 e. The molecule has 8 heteroatoms. The highest BCUT2D eigenvalue weighted by Gasteiger charge is 2.35. The molecular formula is C33H38F3N3O2. The summed E-state index contributed by atoms with van der Waals surface area (Å²) in [5.41, 5.74) is 3.30. The number of hydrogen-bond donors (Lipinski definition) is 1. The minimum atomic E-state index is -4.32. The number of pyridine rings is 1. The highest BCUT2D eigenvalue weighted by molar-refractivity contribution is 6.01. The van der Waals surface area contributed by atoms with Crippen LogP contribution in [-0.4, -0.2) is 34.8 Å². The number of imide groups is 1. The van der Waals surface area contributed by atoms with Crippen molar-refractivity contribution in [2.24, 2.45) is 11.8 Å². The molecule has 0 spiro atoms. The van der Waals surface area contributed by atoms with Gasteiger partial charge in [-0.2, -0.15) is 13.2 Å². The topological polar surface area (TPSA) is 62.3 Å². The SMILES string of the molecule is CC.O=C1CCC(c2cnc3ccc(C4CCN(Cc5ccc(C(F)(F)F)cc5)CC4CC4CC4)cc3c2)C(=O)N1. The molecule has 3 unspecified atom stereocenters. The van der Waals surface area contributed by atoms with Crippen LogP contribution in [0.1, 0.15) is 86.5 Å². The average molecular weight is 566 g/mol. The van der Waals surface area contributed by atoms with Gasteiger partial charge in [0.2, 0.25) is 11.8 Å². The van der Waals surface area contributed by atoms with Crippen molar-refractivity contribution in [2.75, 3.05) is 13.1 Å². The number of fused-ring (bicyclic) bond motifs is 1. The fourth-order valence-electron chi connectivity index (χ4n) is 6.37. The molecule has 1 aliphatic carbocycles. The zero-order valence-electron chi connectivity index (χ0n) is 23.7. The van der Waals surface area contributed by atoms with Gasteiger partial charge in [-0.1, -0.05) is 44.9 Å². The maximum Gasteiger partial charge on any atom is 0.416 e. The van der Waals surface area contributed by atoms with Gasteiger partial charge in [-0.05, 0) is 90.6 Å². The predicted octanol–water partition coefficient (Wildman–Crippen LogP) is 7.21. The van der Waals surface area contributed by atoms with Crippen LogP contribution in [0.15, 0.2) is 54.7 Å². The van der Waals surface area contributed by atoms with Gasteiger partial charge in [0.25, 0.3) is 0 Å². The summed E-state index contributed by atoms with van der Waals surface area (Å²) in [6.45, 7) is 6.47. The predicted molar refractivity (Wildman–Crippen MR) is 153 cm³/mol. The Morgan fingerprint density at radius 2 is 1.68 bits per heavy atom. The molecule has 3 aliphatic rings. The minimum Gasteiger partial charge on any atom is -0.299 e. The summed E-state index contributed by atoms with van der Waals surface area (Å²) in [7, 11) is 0. The van der Waals surface area contributed by atoms with Gasteiger partial charge in [0, 0.05) is 31.1 Å². The third-order valence-electron chi connectivity index (χ3n) is 8.63. The Kier molecular flexibility index (Phi) is 8.78. The summed E-state index contributed by atoms with van der Waals surface area (Å²) in [5.74, 6) is 0.804. The molecule has 2 aliphatic heterocycles. The van der Waals surface area contributed by atoms with E-state index >= 15 is 0 Å². The second kappa shape index (κ2) is 12.3. The molecule has 1 aromatic heterocycles. The quantitative estimate of drug-likeness (QED) is 0.321. The largest absolute Gasteiger partial charge is 0.416 e. The maximum absolute atomic E-state index is 13.0. The van der Waals surface area contributed by atoms with E-state index < -0.39 is 11.7 Å². The summed E-state index contributed by atoms with van der Waals surface area (Å²) in [4.78, 5) is 31.0. The van der Waals surface area contributed by atoms with E-state index in [4.69, 9.17) is 0 Å². The summed E-state index contributed by atoms with van der Waals surface area (Å²) in [6, 6.07) is 14.0. The lowest BCUT2D eigenvalue weighted by Crippen LogP contribution is -2.39. The van der Waals surface area contributed by atoms with E-state index in [1.807, 2.05) is 19.9 Å². The highest BCUT2D eigenvalue weighted by Crippen LogP contribution is 2.44. The standard InChI is InChI=1S/C31H32F3N3O2.C2H6/c32-31(33,34)25-6-3-20(4-7-25)17-37-12-11-26(24(18-37)13-19-1-2-19)21-5-9-28-22(14-21)15-23(16-35-28)27-8-10-29(38)36-30(27)39;1-2/h3-7,9,14-16,19,24,26-27H,1-2,8,10-13,17-18H2,(H,36,38,39);1-2H3. The number of carbonyl (C=O) groups is 2. The van der Waals surface area contributed by atoms with E-state index in [2.05, 4.69) is 33.4 Å². The van der Waals surface area contributed by atoms with Gasteiger partial charge in [0.15, 0.2) is 0 Å². The van der Waals surface area contributed by atoms with Gasteiger partial charge in [0.05, 0.1) is 17.0 Å². The second-order valence-electron chi connectivity index (χ2n) is 11.5. The van der Waals surface area contributed by atoms with Crippen molar-refractivity contribution in [1.82, 2.24) is 15.2 Å². The zero-order chi connectivity index (χ0) is 29.1. The van der Waals surface area contributed by atoms with Crippen molar-refractivity contribution in [3.63, 3.8) is 0 Å². The van der Waals surface area contributed by atoms with Gasteiger partial charge in [-0.15, -0.1) is 0 Å². The Balaban J connectivity index is 0.00000165. The average Bonchev–Trinajstić information content (AvgIpc) is 3.78. The van der Waals surface area contributed by atoms with Crippen molar-refractivity contribution < 1.29 is 22.8 Å². The molecule has 218 valence electrons. The first-order valence-corrected chi connectivity index (χ1v) is 14.8. The summed E-state index contributed by atoms with van der Waals surface area (Å²) < 4.78 is 38.9. The molecule has 41 heavy (non-hydrogen) atoms. The number of benzene rings is 2. The number of aromatic nitrogens is 1. The first-order chi connectivity index (χ1) is 19.7. The summed E-state index contributed by atoms with van der Waals surface area (Å²) in [5, 5.41) is 3.45. The second-order valence-corrected chi connectivity index (χ2v) is 11.5. The molecule has 3 fully saturated rings. The van der Waals surface area contributed by atoms with Crippen LogP contribution >= 0.6 is 0 Å². The van der Waals surface area contributed by atoms with Gasteiger partial charge >= 0.3 is 6.18 Å². The van der Waals surface area contributed by atoms with E-state index in [-0.39, 0.29) is 17.7 Å². The Morgan fingerprint density at radius 1 is 0.951 bits per heavy atom. The number of carbonyl (C=O) groups excluding carboxylic acids is 2. The lowest BCUT2D eigenvalue weighted by atomic mass is 9.77. The number of nitrogens with zero attached hydrogens (tertiary/aromatic N) is 2. The van der Waals surface area contributed by atoms with E-state index in [9.17, 15) is 22.8 Å². The number of nitrogens with one attached hydrogen (secondary N) is 1. The normalized spacial score (nSPS) is 23.6. The van der Waals surface area contributed by atoms with E-state index in [0.717, 1.165) is 47.5 Å². The van der Waals surface area contributed by atoms with Crippen LogP contribution in [0.25, 0.3) is 10.9 Å². The lowest BCUT2D eigenvalue weighted by molar-refractivity contribution is -0.138. The first-order valence-electron chi connectivity index (χ1n) is 14.8. The van der Waals surface area contributed by atoms with E-state index in [0.29, 0.717) is 31.2 Å². The molecule has 3 atom stereocenters. The van der Waals surface area contributed by atoms with Crippen molar-refractivity contribution >= 4 is 22.7 Å². The molecule has 1 saturated carbocycles. The molecule has 2 aromatic carbocycles. The van der Waals surface area contributed by atoms with Crippen molar-refractivity contribution in [2.45, 2.75) is 76.9 Å². The molecule has 0 bridgehead atoms. The lowest BCUT2D eigenvalue weighted by Gasteiger charge is -2.39. The van der Waals surface area contributed by atoms with Crippen molar-refractivity contribution in [3.8, 4) is 0 Å². The molecule has 5 nitrogen and oxygen atoms in total. The van der Waals surface area contributed by atoms with Gasteiger partial charge in [-0.3, -0.25) is 24.8 Å². The fraction of sp³-hybridized carbons (Fsp3) is 0.485. The number of halogens is 3. The summed E-state index contributed by atoms with van der Waals surface area (Å²) >= 11 is 0. The first kappa shape index (κ1) is 29.2. The van der Waals surface area contributed by atoms with E-state index in [1.165, 1.54) is 37.0 Å². The highest BCUT2D eigenvalue weighted by atomic mass is 19.4. The Hall–Kier alpha value is -3.26. The molecule has 2 saturated heterocycles. The zero-order valence-corrected chi connectivity index (χ0v) is 23.7. The number of piperidine rings is 2. The number of hydrogen-bond acceptors (Lipinski definition) is 4. The van der Waals surface area contributed by atoms with Crippen molar-refractivity contribution in [3.05, 3.63) is 77.0 Å². The number of amides is 2. The van der Waals surface area contributed by atoms with Crippen LogP contribution in [-0.2, 0) is 22.3 Å². The maximum atomic E-state index is 13.0. The third kappa shape index (κ3) is 6.97. The monoisotopic (exact) mass is 565 g/mol. The Labute approximate surface area is 239 Å². The molecule has 2 amide bonds. The Bertz CT molecular complexity index is 1380. The molecular weight excluding hydrogens is 527 g/mol. The van der Waals surface area contributed by atoms with Crippen LogP contribution in [0.2, 0.25) is 0 Å². The molecule has 0 radical (unpaired) electrons. The number of alkyl halides is 3. The van der Waals surface area contributed by atoms with Crippen LogP contribution in [0, 0.1) is 11.8 Å². The van der Waals surface area contributed by atoms with Gasteiger partial charge in [0.1, 0.15) is 0 Å². The third-order valence-corrected chi connectivity index (χ3v) is 8.63. The minimum absolute atomic E-state index is 0.223. The fourth-order valence-corrected chi connectivity index (χ4v) is 6.37.